The number of sulfonamides is 1. The Morgan fingerprint density at radius 3 is 2.50 bits per heavy atom. The van der Waals surface area contributed by atoms with Crippen molar-refractivity contribution in [2.45, 2.75) is 36.6 Å². The van der Waals surface area contributed by atoms with Crippen molar-refractivity contribution in [2.24, 2.45) is 0 Å². The molecule has 0 saturated carbocycles. The number of amides is 1. The van der Waals surface area contributed by atoms with E-state index in [1.807, 2.05) is 0 Å². The Balaban J connectivity index is 1.82. The first kappa shape index (κ1) is 19.6. The lowest BCUT2D eigenvalue weighted by Crippen LogP contribution is -2.37. The van der Waals surface area contributed by atoms with Gasteiger partial charge in [0.2, 0.25) is 10.0 Å². The van der Waals surface area contributed by atoms with Crippen molar-refractivity contribution in [1.29, 1.82) is 0 Å². The van der Waals surface area contributed by atoms with Crippen LogP contribution in [0.5, 0.6) is 0 Å². The lowest BCUT2D eigenvalue weighted by Gasteiger charge is -2.26. The number of carbonyl (C=O) groups is 1. The number of halogens is 1. The van der Waals surface area contributed by atoms with E-state index >= 15 is 0 Å². The number of nitrogens with one attached hydrogen (secondary N) is 1. The summed E-state index contributed by atoms with van der Waals surface area (Å²) < 4.78 is 50.0. The molecule has 1 atom stereocenters. The highest BCUT2D eigenvalue weighted by molar-refractivity contribution is 7.91. The highest BCUT2D eigenvalue weighted by Gasteiger charge is 2.31. The molecule has 1 N–H and O–H groups in total. The van der Waals surface area contributed by atoms with E-state index in [0.29, 0.717) is 19.5 Å². The van der Waals surface area contributed by atoms with Gasteiger partial charge in [0.1, 0.15) is 0 Å². The maximum absolute atomic E-state index is 12.8. The third-order valence-corrected chi connectivity index (χ3v) is 8.70. The van der Waals surface area contributed by atoms with Crippen molar-refractivity contribution >= 4 is 37.4 Å². The molecular formula is C16H21ClN2O5S2. The fourth-order valence-corrected chi connectivity index (χ4v) is 6.69. The standard InChI is InChI=1S/C16H21ClN2O5S2/c17-15-5-4-13(26(23,24)19-7-2-1-3-8-19)10-14(15)16(20)18-12-6-9-25(21,22)11-12/h4-5,10,12H,1-3,6-9,11H2,(H,18,20)/t12-/m1/s1. The highest BCUT2D eigenvalue weighted by Crippen LogP contribution is 2.25. The van der Waals surface area contributed by atoms with Gasteiger partial charge in [0.05, 0.1) is 27.0 Å². The SMILES string of the molecule is O=C(N[C@@H]1CCS(=O)(=O)C1)c1cc(S(=O)(=O)N2CCCCC2)ccc1Cl. The van der Waals surface area contributed by atoms with E-state index in [2.05, 4.69) is 5.32 Å². The minimum Gasteiger partial charge on any atom is -0.348 e. The third kappa shape index (κ3) is 4.21. The molecule has 0 spiro atoms. The Hall–Kier alpha value is -1.16. The third-order valence-electron chi connectivity index (χ3n) is 4.70. The van der Waals surface area contributed by atoms with Crippen LogP contribution in [0.3, 0.4) is 0 Å². The summed E-state index contributed by atoms with van der Waals surface area (Å²) in [4.78, 5) is 12.5. The van der Waals surface area contributed by atoms with Crippen LogP contribution < -0.4 is 5.32 Å². The first-order valence-corrected chi connectivity index (χ1v) is 12.1. The van der Waals surface area contributed by atoms with E-state index in [9.17, 15) is 21.6 Å². The van der Waals surface area contributed by atoms with Crippen LogP contribution >= 0.6 is 11.6 Å². The molecule has 7 nitrogen and oxygen atoms in total. The van der Waals surface area contributed by atoms with Crippen LogP contribution in [0.4, 0.5) is 0 Å². The number of benzene rings is 1. The van der Waals surface area contributed by atoms with E-state index in [1.165, 1.54) is 22.5 Å². The monoisotopic (exact) mass is 420 g/mol. The average molecular weight is 421 g/mol. The number of carbonyl (C=O) groups excluding carboxylic acids is 1. The maximum atomic E-state index is 12.8. The first-order valence-electron chi connectivity index (χ1n) is 8.50. The summed E-state index contributed by atoms with van der Waals surface area (Å²) >= 11 is 6.08. The van der Waals surface area contributed by atoms with Crippen molar-refractivity contribution in [3.63, 3.8) is 0 Å². The fraction of sp³-hybridized carbons (Fsp3) is 0.562. The Morgan fingerprint density at radius 2 is 1.88 bits per heavy atom. The van der Waals surface area contributed by atoms with Gasteiger partial charge in [0.15, 0.2) is 9.84 Å². The summed E-state index contributed by atoms with van der Waals surface area (Å²) in [5, 5.41) is 2.76. The normalized spacial score (nSPS) is 23.7. The number of hydrogen-bond donors (Lipinski definition) is 1. The van der Waals surface area contributed by atoms with Crippen LogP contribution in [0, 0.1) is 0 Å². The van der Waals surface area contributed by atoms with Gasteiger partial charge in [-0.15, -0.1) is 0 Å². The zero-order valence-corrected chi connectivity index (χ0v) is 16.5. The van der Waals surface area contributed by atoms with Gasteiger partial charge in [0, 0.05) is 19.1 Å². The van der Waals surface area contributed by atoms with Gasteiger partial charge in [-0.3, -0.25) is 4.79 Å². The molecule has 0 bridgehead atoms. The van der Waals surface area contributed by atoms with Crippen LogP contribution in [0.1, 0.15) is 36.0 Å². The van der Waals surface area contributed by atoms with Crippen LogP contribution in [0.15, 0.2) is 23.1 Å². The fourth-order valence-electron chi connectivity index (χ4n) is 3.27. The quantitative estimate of drug-likeness (QED) is 0.794. The van der Waals surface area contributed by atoms with Crippen LogP contribution in [-0.4, -0.2) is 57.7 Å². The molecule has 2 saturated heterocycles. The van der Waals surface area contributed by atoms with Gasteiger partial charge in [-0.25, -0.2) is 16.8 Å². The largest absolute Gasteiger partial charge is 0.348 e. The summed E-state index contributed by atoms with van der Waals surface area (Å²) in [7, 11) is -6.81. The summed E-state index contributed by atoms with van der Waals surface area (Å²) in [6.07, 6.45) is 2.98. The van der Waals surface area contributed by atoms with E-state index in [0.717, 1.165) is 19.3 Å². The summed E-state index contributed by atoms with van der Waals surface area (Å²) in [5.41, 5.74) is 0.0362. The number of nitrogens with zero attached hydrogens (tertiary/aromatic N) is 1. The Labute approximate surface area is 158 Å². The van der Waals surface area contributed by atoms with Crippen molar-refractivity contribution in [1.82, 2.24) is 9.62 Å². The van der Waals surface area contributed by atoms with Gasteiger partial charge in [-0.1, -0.05) is 18.0 Å². The molecule has 0 aromatic heterocycles. The lowest BCUT2D eigenvalue weighted by molar-refractivity contribution is 0.0941. The second-order valence-corrected chi connectivity index (χ2v) is 11.3. The zero-order chi connectivity index (χ0) is 18.9. The van der Waals surface area contributed by atoms with Crippen molar-refractivity contribution < 1.29 is 21.6 Å². The molecule has 144 valence electrons. The van der Waals surface area contributed by atoms with Gasteiger partial charge in [-0.05, 0) is 37.5 Å². The van der Waals surface area contributed by atoms with Crippen LogP contribution in [-0.2, 0) is 19.9 Å². The molecule has 26 heavy (non-hydrogen) atoms. The minimum atomic E-state index is -3.68. The molecule has 2 aliphatic rings. The molecule has 2 aliphatic heterocycles. The van der Waals surface area contributed by atoms with Crippen molar-refractivity contribution in [2.75, 3.05) is 24.6 Å². The first-order chi connectivity index (χ1) is 12.2. The lowest BCUT2D eigenvalue weighted by atomic mass is 10.2. The number of hydrogen-bond acceptors (Lipinski definition) is 5. The van der Waals surface area contributed by atoms with E-state index in [4.69, 9.17) is 11.6 Å². The molecule has 10 heteroatoms. The molecule has 1 amide bonds. The second-order valence-electron chi connectivity index (χ2n) is 6.68. The molecule has 0 unspecified atom stereocenters. The Bertz CT molecular complexity index is 909. The smallest absolute Gasteiger partial charge is 0.253 e. The topological polar surface area (TPSA) is 101 Å². The van der Waals surface area contributed by atoms with Crippen LogP contribution in [0.25, 0.3) is 0 Å². The summed E-state index contributed by atoms with van der Waals surface area (Å²) in [6.45, 7) is 0.929. The van der Waals surface area contributed by atoms with E-state index in [-0.39, 0.29) is 27.0 Å². The molecule has 2 fully saturated rings. The molecule has 2 heterocycles. The van der Waals surface area contributed by atoms with Crippen LogP contribution in [0.2, 0.25) is 5.02 Å². The Morgan fingerprint density at radius 1 is 1.19 bits per heavy atom. The van der Waals surface area contributed by atoms with Crippen molar-refractivity contribution in [3.05, 3.63) is 28.8 Å². The number of piperidine rings is 1. The van der Waals surface area contributed by atoms with E-state index in [1.54, 1.807) is 0 Å². The summed E-state index contributed by atoms with van der Waals surface area (Å²) in [6, 6.07) is 3.57. The van der Waals surface area contributed by atoms with E-state index < -0.39 is 31.8 Å². The predicted molar refractivity (Wildman–Crippen MR) is 98.6 cm³/mol. The summed E-state index contributed by atoms with van der Waals surface area (Å²) in [5.74, 6) is -0.634. The molecule has 0 aliphatic carbocycles. The minimum absolute atomic E-state index is 0.0213. The Kier molecular flexibility index (Phi) is 5.62. The van der Waals surface area contributed by atoms with Gasteiger partial charge in [-0.2, -0.15) is 4.31 Å². The van der Waals surface area contributed by atoms with Gasteiger partial charge < -0.3 is 5.32 Å². The maximum Gasteiger partial charge on any atom is 0.253 e. The molecular weight excluding hydrogens is 400 g/mol. The van der Waals surface area contributed by atoms with Gasteiger partial charge >= 0.3 is 0 Å². The van der Waals surface area contributed by atoms with Crippen molar-refractivity contribution in [3.8, 4) is 0 Å². The second kappa shape index (κ2) is 7.46. The highest BCUT2D eigenvalue weighted by atomic mass is 35.5. The molecule has 3 rings (SSSR count). The molecule has 0 radical (unpaired) electrons. The number of rotatable bonds is 4. The zero-order valence-electron chi connectivity index (χ0n) is 14.1. The average Bonchev–Trinajstić information content (AvgIpc) is 2.94. The molecule has 1 aromatic rings. The van der Waals surface area contributed by atoms with Gasteiger partial charge in [0.25, 0.3) is 5.91 Å². The molecule has 1 aromatic carbocycles. The number of sulfone groups is 1. The predicted octanol–water partition coefficient (Wildman–Crippen LogP) is 1.43.